The van der Waals surface area contributed by atoms with Crippen LogP contribution in [-0.2, 0) is 16.2 Å². The topological polar surface area (TPSA) is 94.2 Å². The lowest BCUT2D eigenvalue weighted by molar-refractivity contribution is -0.127. The molecule has 1 N–H and O–H groups in total. The number of ether oxygens (including phenoxy) is 3. The van der Waals surface area contributed by atoms with Crippen molar-refractivity contribution in [2.45, 2.75) is 6.61 Å². The molecule has 0 aliphatic carbocycles. The van der Waals surface area contributed by atoms with E-state index in [4.69, 9.17) is 14.2 Å². The maximum absolute atomic E-state index is 13.4. The van der Waals surface area contributed by atoms with Crippen LogP contribution in [0.5, 0.6) is 17.2 Å². The summed E-state index contributed by atoms with van der Waals surface area (Å²) >= 11 is 0.751. The van der Waals surface area contributed by atoms with E-state index >= 15 is 0 Å². The predicted molar refractivity (Wildman–Crippen MR) is 138 cm³/mol. The number of hydrogen-bond donors (Lipinski definition) is 1. The van der Waals surface area contributed by atoms with Gasteiger partial charge in [0.15, 0.2) is 11.5 Å². The lowest BCUT2D eigenvalue weighted by Crippen LogP contribution is -2.36. The molecular formula is C27H23FN2O6S. The van der Waals surface area contributed by atoms with Gasteiger partial charge in [0.2, 0.25) is 5.91 Å². The molecule has 0 saturated carbocycles. The molecule has 1 fully saturated rings. The van der Waals surface area contributed by atoms with Gasteiger partial charge in [-0.1, -0.05) is 18.2 Å². The van der Waals surface area contributed by atoms with Crippen LogP contribution < -0.4 is 19.5 Å². The van der Waals surface area contributed by atoms with E-state index in [2.05, 4.69) is 5.32 Å². The standard InChI is InChI=1S/C27H23FN2O6S/c1-34-21-9-7-20(8-10-21)29-25(31)15-30-26(32)24(37-27(30)33)14-17-6-11-22(23(13-17)35-2)36-16-18-4-3-5-19(28)12-18/h3-14H,15-16H2,1-2H3,(H,29,31)/b24-14+. The van der Waals surface area contributed by atoms with Gasteiger partial charge in [0.05, 0.1) is 19.1 Å². The monoisotopic (exact) mass is 522 g/mol. The first kappa shape index (κ1) is 25.8. The zero-order chi connectivity index (χ0) is 26.4. The Labute approximate surface area is 217 Å². The van der Waals surface area contributed by atoms with Gasteiger partial charge in [-0.15, -0.1) is 0 Å². The molecule has 3 aromatic rings. The van der Waals surface area contributed by atoms with E-state index in [0.29, 0.717) is 34.1 Å². The highest BCUT2D eigenvalue weighted by Crippen LogP contribution is 2.34. The molecule has 1 aliphatic rings. The fraction of sp³-hybridized carbons (Fsp3) is 0.148. The van der Waals surface area contributed by atoms with Gasteiger partial charge in [0.25, 0.3) is 11.1 Å². The number of halogens is 1. The first-order valence-corrected chi connectivity index (χ1v) is 11.9. The largest absolute Gasteiger partial charge is 0.497 e. The van der Waals surface area contributed by atoms with E-state index in [1.54, 1.807) is 60.7 Å². The number of nitrogens with one attached hydrogen (secondary N) is 1. The molecule has 190 valence electrons. The number of methoxy groups -OCH3 is 2. The highest BCUT2D eigenvalue weighted by atomic mass is 32.2. The Morgan fingerprint density at radius 3 is 2.49 bits per heavy atom. The van der Waals surface area contributed by atoms with Crippen molar-refractivity contribution < 1.29 is 33.0 Å². The number of thioether (sulfide) groups is 1. The Hall–Kier alpha value is -4.31. The molecule has 37 heavy (non-hydrogen) atoms. The molecule has 1 aliphatic heterocycles. The van der Waals surface area contributed by atoms with Crippen molar-refractivity contribution in [3.63, 3.8) is 0 Å². The van der Waals surface area contributed by atoms with Crippen LogP contribution in [0.2, 0.25) is 0 Å². The lowest BCUT2D eigenvalue weighted by atomic mass is 10.1. The minimum atomic E-state index is -0.565. The van der Waals surface area contributed by atoms with Crippen LogP contribution in [0.1, 0.15) is 11.1 Å². The summed E-state index contributed by atoms with van der Waals surface area (Å²) in [7, 11) is 3.01. The maximum Gasteiger partial charge on any atom is 0.294 e. The van der Waals surface area contributed by atoms with Crippen LogP contribution in [0.15, 0.2) is 71.6 Å². The molecule has 8 nitrogen and oxygen atoms in total. The Balaban J connectivity index is 1.41. The van der Waals surface area contributed by atoms with Crippen LogP contribution >= 0.6 is 11.8 Å². The third-order valence-corrected chi connectivity index (χ3v) is 6.23. The van der Waals surface area contributed by atoms with Crippen LogP contribution in [0.25, 0.3) is 6.08 Å². The van der Waals surface area contributed by atoms with Crippen molar-refractivity contribution in [2.24, 2.45) is 0 Å². The Kier molecular flexibility index (Phi) is 8.09. The second kappa shape index (κ2) is 11.6. The number of imide groups is 1. The third kappa shape index (κ3) is 6.47. The number of carbonyl (C=O) groups excluding carboxylic acids is 3. The molecule has 0 unspecified atom stereocenters. The summed E-state index contributed by atoms with van der Waals surface area (Å²) in [5.41, 5.74) is 1.78. The van der Waals surface area contributed by atoms with E-state index in [0.717, 1.165) is 16.7 Å². The third-order valence-electron chi connectivity index (χ3n) is 5.32. The molecular weight excluding hydrogens is 499 g/mol. The van der Waals surface area contributed by atoms with Gasteiger partial charge < -0.3 is 19.5 Å². The maximum atomic E-state index is 13.4. The van der Waals surface area contributed by atoms with Gasteiger partial charge in [-0.25, -0.2) is 4.39 Å². The average Bonchev–Trinajstić information content (AvgIpc) is 3.15. The lowest BCUT2D eigenvalue weighted by Gasteiger charge is -2.13. The van der Waals surface area contributed by atoms with Crippen molar-refractivity contribution in [1.82, 2.24) is 4.90 Å². The molecule has 0 atom stereocenters. The van der Waals surface area contributed by atoms with Crippen molar-refractivity contribution in [2.75, 3.05) is 26.1 Å². The number of benzene rings is 3. The van der Waals surface area contributed by atoms with Crippen LogP contribution in [-0.4, -0.2) is 42.7 Å². The van der Waals surface area contributed by atoms with Crippen LogP contribution in [0, 0.1) is 5.82 Å². The number of nitrogens with zero attached hydrogens (tertiary/aromatic N) is 1. The summed E-state index contributed by atoms with van der Waals surface area (Å²) in [6.07, 6.45) is 1.55. The molecule has 3 amide bonds. The smallest absolute Gasteiger partial charge is 0.294 e. The van der Waals surface area contributed by atoms with Gasteiger partial charge in [-0.05, 0) is 77.5 Å². The second-order valence-electron chi connectivity index (χ2n) is 7.87. The number of anilines is 1. The summed E-state index contributed by atoms with van der Waals surface area (Å²) in [5, 5.41) is 2.11. The number of hydrogen-bond acceptors (Lipinski definition) is 7. The van der Waals surface area contributed by atoms with Gasteiger partial charge in [-0.3, -0.25) is 19.3 Å². The van der Waals surface area contributed by atoms with Crippen molar-refractivity contribution >= 4 is 40.6 Å². The number of carbonyl (C=O) groups is 3. The fourth-order valence-electron chi connectivity index (χ4n) is 3.49. The highest BCUT2D eigenvalue weighted by molar-refractivity contribution is 8.18. The summed E-state index contributed by atoms with van der Waals surface area (Å²) in [6, 6.07) is 17.8. The van der Waals surface area contributed by atoms with Gasteiger partial charge in [0.1, 0.15) is 24.7 Å². The van der Waals surface area contributed by atoms with Crippen LogP contribution in [0.3, 0.4) is 0 Å². The normalized spacial score (nSPS) is 14.1. The molecule has 1 heterocycles. The summed E-state index contributed by atoms with van der Waals surface area (Å²) < 4.78 is 29.6. The molecule has 1 saturated heterocycles. The van der Waals surface area contributed by atoms with E-state index in [1.807, 2.05) is 0 Å². The van der Waals surface area contributed by atoms with Crippen molar-refractivity contribution in [3.8, 4) is 17.2 Å². The zero-order valence-corrected chi connectivity index (χ0v) is 20.8. The zero-order valence-electron chi connectivity index (χ0n) is 20.0. The van der Waals surface area contributed by atoms with Crippen molar-refractivity contribution in [3.05, 3.63) is 88.6 Å². The Morgan fingerprint density at radius 2 is 1.78 bits per heavy atom. The van der Waals surface area contributed by atoms with Gasteiger partial charge in [0, 0.05) is 5.69 Å². The summed E-state index contributed by atoms with van der Waals surface area (Å²) in [6.45, 7) is -0.269. The minimum absolute atomic E-state index is 0.144. The van der Waals surface area contributed by atoms with E-state index in [9.17, 15) is 18.8 Å². The molecule has 10 heteroatoms. The van der Waals surface area contributed by atoms with E-state index in [-0.39, 0.29) is 17.3 Å². The highest BCUT2D eigenvalue weighted by Gasteiger charge is 2.36. The van der Waals surface area contributed by atoms with E-state index < -0.39 is 23.6 Å². The van der Waals surface area contributed by atoms with Gasteiger partial charge >= 0.3 is 0 Å². The molecule has 4 rings (SSSR count). The molecule has 0 radical (unpaired) electrons. The van der Waals surface area contributed by atoms with Crippen molar-refractivity contribution in [1.29, 1.82) is 0 Å². The average molecular weight is 523 g/mol. The number of amides is 3. The molecule has 0 aromatic heterocycles. The molecule has 0 spiro atoms. The first-order valence-electron chi connectivity index (χ1n) is 11.1. The predicted octanol–water partition coefficient (Wildman–Crippen LogP) is 5.10. The second-order valence-corrected chi connectivity index (χ2v) is 8.87. The summed E-state index contributed by atoms with van der Waals surface area (Å²) in [5.74, 6) is 0.0587. The first-order chi connectivity index (χ1) is 17.9. The Bertz CT molecular complexity index is 1360. The molecule has 0 bridgehead atoms. The Morgan fingerprint density at radius 1 is 1.00 bits per heavy atom. The quantitative estimate of drug-likeness (QED) is 0.391. The molecule has 3 aromatic carbocycles. The number of rotatable bonds is 9. The minimum Gasteiger partial charge on any atom is -0.497 e. The summed E-state index contributed by atoms with van der Waals surface area (Å²) in [4.78, 5) is 38.8. The SMILES string of the molecule is COc1ccc(NC(=O)CN2C(=O)S/C(=C/c3ccc(OCc4cccc(F)c4)c(OC)c3)C2=O)cc1. The fourth-order valence-corrected chi connectivity index (χ4v) is 4.33. The van der Waals surface area contributed by atoms with E-state index in [1.165, 1.54) is 26.4 Å². The van der Waals surface area contributed by atoms with Gasteiger partial charge in [-0.2, -0.15) is 0 Å². The van der Waals surface area contributed by atoms with Crippen LogP contribution in [0.4, 0.5) is 14.9 Å².